The number of carbonyl (C=O) groups excluding carboxylic acids is 1. The fourth-order valence-electron chi connectivity index (χ4n) is 1.90. The molecule has 1 heterocycles. The predicted molar refractivity (Wildman–Crippen MR) is 64.3 cm³/mol. The molecule has 1 fully saturated rings. The molecule has 5 heteroatoms. The number of carbonyl (C=O) groups is 1. The standard InChI is InChI=1S/C12H14ClFN2O/c13-9-4-1-3-8(11(9)14)7-16-12(17)10-5-2-6-15-10/h1,3-4,10,15H,2,5-7H2,(H,16,17)/t10-/m0/s1. The van der Waals surface area contributed by atoms with E-state index in [0.29, 0.717) is 5.56 Å². The van der Waals surface area contributed by atoms with E-state index in [1.807, 2.05) is 0 Å². The summed E-state index contributed by atoms with van der Waals surface area (Å²) in [5, 5.41) is 5.88. The zero-order valence-electron chi connectivity index (χ0n) is 9.30. The van der Waals surface area contributed by atoms with Crippen LogP contribution in [0.1, 0.15) is 18.4 Å². The van der Waals surface area contributed by atoms with Crippen LogP contribution in [0.3, 0.4) is 0 Å². The van der Waals surface area contributed by atoms with E-state index in [2.05, 4.69) is 10.6 Å². The molecule has 2 N–H and O–H groups in total. The Morgan fingerprint density at radius 2 is 2.41 bits per heavy atom. The smallest absolute Gasteiger partial charge is 0.237 e. The molecule has 0 radical (unpaired) electrons. The van der Waals surface area contributed by atoms with Gasteiger partial charge in [-0.25, -0.2) is 4.39 Å². The maximum atomic E-state index is 13.5. The second-order valence-electron chi connectivity index (χ2n) is 4.08. The largest absolute Gasteiger partial charge is 0.351 e. The van der Waals surface area contributed by atoms with Crippen molar-refractivity contribution in [1.82, 2.24) is 10.6 Å². The van der Waals surface area contributed by atoms with Gasteiger partial charge >= 0.3 is 0 Å². The first-order chi connectivity index (χ1) is 8.18. The van der Waals surface area contributed by atoms with Gasteiger partial charge in [-0.2, -0.15) is 0 Å². The number of nitrogens with one attached hydrogen (secondary N) is 2. The van der Waals surface area contributed by atoms with Gasteiger partial charge in [-0.3, -0.25) is 4.79 Å². The molecule has 0 saturated carbocycles. The molecule has 17 heavy (non-hydrogen) atoms. The Balaban J connectivity index is 1.93. The summed E-state index contributed by atoms with van der Waals surface area (Å²) in [6.45, 7) is 1.03. The minimum atomic E-state index is -0.464. The number of halogens is 2. The number of hydrogen-bond donors (Lipinski definition) is 2. The minimum absolute atomic E-state index is 0.0794. The van der Waals surface area contributed by atoms with Crippen LogP contribution in [0.4, 0.5) is 4.39 Å². The van der Waals surface area contributed by atoms with E-state index in [0.717, 1.165) is 19.4 Å². The molecule has 0 unspecified atom stereocenters. The lowest BCUT2D eigenvalue weighted by molar-refractivity contribution is -0.122. The van der Waals surface area contributed by atoms with Gasteiger partial charge in [0.1, 0.15) is 5.82 Å². The zero-order valence-corrected chi connectivity index (χ0v) is 10.1. The number of rotatable bonds is 3. The van der Waals surface area contributed by atoms with Crippen LogP contribution in [0.2, 0.25) is 5.02 Å². The first kappa shape index (κ1) is 12.3. The number of benzene rings is 1. The van der Waals surface area contributed by atoms with Crippen molar-refractivity contribution in [2.45, 2.75) is 25.4 Å². The van der Waals surface area contributed by atoms with E-state index in [1.54, 1.807) is 12.1 Å². The lowest BCUT2D eigenvalue weighted by atomic mass is 10.2. The van der Waals surface area contributed by atoms with Gasteiger partial charge in [-0.1, -0.05) is 23.7 Å². The highest BCUT2D eigenvalue weighted by molar-refractivity contribution is 6.30. The molecular weight excluding hydrogens is 243 g/mol. The molecule has 0 bridgehead atoms. The van der Waals surface area contributed by atoms with Crippen LogP contribution in [0.15, 0.2) is 18.2 Å². The Morgan fingerprint density at radius 3 is 3.12 bits per heavy atom. The van der Waals surface area contributed by atoms with Crippen molar-refractivity contribution in [3.8, 4) is 0 Å². The van der Waals surface area contributed by atoms with Crippen molar-refractivity contribution in [3.05, 3.63) is 34.6 Å². The van der Waals surface area contributed by atoms with E-state index in [4.69, 9.17) is 11.6 Å². The molecule has 0 aromatic heterocycles. The summed E-state index contributed by atoms with van der Waals surface area (Å²) in [4.78, 5) is 11.7. The second-order valence-corrected chi connectivity index (χ2v) is 4.49. The SMILES string of the molecule is O=C(NCc1cccc(Cl)c1F)[C@@H]1CCCN1. The molecule has 1 amide bonds. The lowest BCUT2D eigenvalue weighted by Gasteiger charge is -2.11. The van der Waals surface area contributed by atoms with Gasteiger partial charge in [0.05, 0.1) is 11.1 Å². The fourth-order valence-corrected chi connectivity index (χ4v) is 2.09. The summed E-state index contributed by atoms with van der Waals surface area (Å²) in [7, 11) is 0. The molecule has 1 aromatic carbocycles. The molecule has 2 rings (SSSR count). The van der Waals surface area contributed by atoms with Crippen LogP contribution >= 0.6 is 11.6 Å². The summed E-state index contributed by atoms with van der Waals surface area (Å²) in [6.07, 6.45) is 1.84. The summed E-state index contributed by atoms with van der Waals surface area (Å²) in [6, 6.07) is 4.63. The minimum Gasteiger partial charge on any atom is -0.351 e. The lowest BCUT2D eigenvalue weighted by Crippen LogP contribution is -2.40. The highest BCUT2D eigenvalue weighted by Crippen LogP contribution is 2.17. The third kappa shape index (κ3) is 2.96. The Kier molecular flexibility index (Phi) is 3.97. The molecule has 1 aliphatic heterocycles. The molecule has 0 aliphatic carbocycles. The molecule has 1 saturated heterocycles. The molecule has 1 atom stereocenters. The zero-order chi connectivity index (χ0) is 12.3. The van der Waals surface area contributed by atoms with E-state index in [1.165, 1.54) is 6.07 Å². The number of amides is 1. The summed E-state index contributed by atoms with van der Waals surface area (Å²) >= 11 is 5.66. The van der Waals surface area contributed by atoms with Crippen molar-refractivity contribution in [2.24, 2.45) is 0 Å². The predicted octanol–water partition coefficient (Wildman–Crippen LogP) is 1.85. The van der Waals surface area contributed by atoms with Crippen LogP contribution in [0.25, 0.3) is 0 Å². The molecule has 1 aliphatic rings. The van der Waals surface area contributed by atoms with Crippen LogP contribution in [0, 0.1) is 5.82 Å². The van der Waals surface area contributed by atoms with Gasteiger partial charge in [0, 0.05) is 12.1 Å². The van der Waals surface area contributed by atoms with Gasteiger partial charge in [-0.05, 0) is 25.5 Å². The molecule has 1 aromatic rings. The normalized spacial score (nSPS) is 19.3. The highest BCUT2D eigenvalue weighted by atomic mass is 35.5. The monoisotopic (exact) mass is 256 g/mol. The summed E-state index contributed by atoms with van der Waals surface area (Å²) in [5.41, 5.74) is 0.406. The van der Waals surface area contributed by atoms with Crippen molar-refractivity contribution < 1.29 is 9.18 Å². The first-order valence-electron chi connectivity index (χ1n) is 5.62. The average molecular weight is 257 g/mol. The van der Waals surface area contributed by atoms with Crippen molar-refractivity contribution in [2.75, 3.05) is 6.54 Å². The van der Waals surface area contributed by atoms with Gasteiger partial charge in [-0.15, -0.1) is 0 Å². The van der Waals surface area contributed by atoms with Gasteiger partial charge in [0.2, 0.25) is 5.91 Å². The van der Waals surface area contributed by atoms with Gasteiger partial charge in [0.15, 0.2) is 0 Å². The van der Waals surface area contributed by atoms with E-state index in [9.17, 15) is 9.18 Å². The van der Waals surface area contributed by atoms with Crippen molar-refractivity contribution >= 4 is 17.5 Å². The van der Waals surface area contributed by atoms with E-state index >= 15 is 0 Å². The average Bonchev–Trinajstić information content (AvgIpc) is 2.84. The van der Waals surface area contributed by atoms with Crippen molar-refractivity contribution in [3.63, 3.8) is 0 Å². The van der Waals surface area contributed by atoms with Gasteiger partial charge < -0.3 is 10.6 Å². The van der Waals surface area contributed by atoms with E-state index < -0.39 is 5.82 Å². The van der Waals surface area contributed by atoms with Crippen LogP contribution in [0.5, 0.6) is 0 Å². The van der Waals surface area contributed by atoms with E-state index in [-0.39, 0.29) is 23.5 Å². The third-order valence-corrected chi connectivity index (χ3v) is 3.15. The Bertz CT molecular complexity index is 419. The Morgan fingerprint density at radius 1 is 1.59 bits per heavy atom. The maximum Gasteiger partial charge on any atom is 0.237 e. The molecule has 0 spiro atoms. The topological polar surface area (TPSA) is 41.1 Å². The highest BCUT2D eigenvalue weighted by Gasteiger charge is 2.21. The van der Waals surface area contributed by atoms with Gasteiger partial charge in [0.25, 0.3) is 0 Å². The fraction of sp³-hybridized carbons (Fsp3) is 0.417. The molecule has 92 valence electrons. The summed E-state index contributed by atoms with van der Waals surface area (Å²) in [5.74, 6) is -0.546. The quantitative estimate of drug-likeness (QED) is 0.867. The maximum absolute atomic E-state index is 13.5. The Labute approximate surface area is 104 Å². The second kappa shape index (κ2) is 5.47. The van der Waals surface area contributed by atoms with Crippen LogP contribution in [-0.2, 0) is 11.3 Å². The third-order valence-electron chi connectivity index (χ3n) is 2.86. The number of hydrogen-bond acceptors (Lipinski definition) is 2. The molecular formula is C12H14ClFN2O. The van der Waals surface area contributed by atoms with Crippen LogP contribution in [-0.4, -0.2) is 18.5 Å². The van der Waals surface area contributed by atoms with Crippen LogP contribution < -0.4 is 10.6 Å². The summed E-state index contributed by atoms with van der Waals surface area (Å²) < 4.78 is 13.5. The Hall–Kier alpha value is -1.13. The van der Waals surface area contributed by atoms with Crippen molar-refractivity contribution in [1.29, 1.82) is 0 Å². The first-order valence-corrected chi connectivity index (χ1v) is 6.00. The molecule has 3 nitrogen and oxygen atoms in total.